The van der Waals surface area contributed by atoms with Gasteiger partial charge in [0.15, 0.2) is 9.84 Å². The van der Waals surface area contributed by atoms with E-state index in [1.54, 1.807) is 0 Å². The van der Waals surface area contributed by atoms with E-state index in [9.17, 15) is 13.2 Å². The van der Waals surface area contributed by atoms with Crippen molar-refractivity contribution in [2.24, 2.45) is 0 Å². The van der Waals surface area contributed by atoms with Crippen molar-refractivity contribution in [1.29, 1.82) is 0 Å². The SMILES string of the molecule is CCN(CCC(=O)Nc1c(C(C)C)cccc1C(C)C)C1CCS(=O)(=O)C1. The molecule has 1 atom stereocenters. The summed E-state index contributed by atoms with van der Waals surface area (Å²) in [6, 6.07) is 6.25. The zero-order valence-corrected chi connectivity index (χ0v) is 18.1. The first kappa shape index (κ1) is 21.9. The molecule has 1 amide bonds. The highest BCUT2D eigenvalue weighted by atomic mass is 32.2. The van der Waals surface area contributed by atoms with Gasteiger partial charge in [0.25, 0.3) is 0 Å². The Morgan fingerprint density at radius 2 is 1.78 bits per heavy atom. The second kappa shape index (κ2) is 9.20. The number of rotatable bonds is 8. The molecule has 6 heteroatoms. The molecule has 1 aliphatic heterocycles. The van der Waals surface area contributed by atoms with E-state index in [-0.39, 0.29) is 23.5 Å². The number of nitrogens with zero attached hydrogens (tertiary/aromatic N) is 1. The summed E-state index contributed by atoms with van der Waals surface area (Å²) in [6.45, 7) is 11.9. The van der Waals surface area contributed by atoms with E-state index in [0.29, 0.717) is 31.2 Å². The Kier molecular flexibility index (Phi) is 7.46. The van der Waals surface area contributed by atoms with Gasteiger partial charge in [-0.1, -0.05) is 52.8 Å². The molecule has 0 spiro atoms. The van der Waals surface area contributed by atoms with Crippen molar-refractivity contribution in [1.82, 2.24) is 4.90 Å². The molecular weight excluding hydrogens is 360 g/mol. The van der Waals surface area contributed by atoms with Crippen LogP contribution < -0.4 is 5.32 Å². The molecule has 1 N–H and O–H groups in total. The van der Waals surface area contributed by atoms with Crippen molar-refractivity contribution in [3.05, 3.63) is 29.3 Å². The summed E-state index contributed by atoms with van der Waals surface area (Å²) < 4.78 is 23.5. The van der Waals surface area contributed by atoms with Crippen LogP contribution >= 0.6 is 0 Å². The maximum Gasteiger partial charge on any atom is 0.225 e. The summed E-state index contributed by atoms with van der Waals surface area (Å²) in [4.78, 5) is 14.8. The predicted octanol–water partition coefficient (Wildman–Crippen LogP) is 3.77. The molecule has 1 aliphatic rings. The predicted molar refractivity (Wildman–Crippen MR) is 112 cm³/mol. The van der Waals surface area contributed by atoms with E-state index in [2.05, 4.69) is 56.1 Å². The third-order valence-electron chi connectivity index (χ3n) is 5.39. The van der Waals surface area contributed by atoms with Crippen LogP contribution in [0.15, 0.2) is 18.2 Å². The van der Waals surface area contributed by atoms with E-state index in [1.165, 1.54) is 0 Å². The van der Waals surface area contributed by atoms with Gasteiger partial charge in [0, 0.05) is 24.7 Å². The molecule has 0 aromatic heterocycles. The van der Waals surface area contributed by atoms with Gasteiger partial charge >= 0.3 is 0 Å². The highest BCUT2D eigenvalue weighted by Gasteiger charge is 2.31. The van der Waals surface area contributed by atoms with Crippen LogP contribution in [0.4, 0.5) is 5.69 Å². The van der Waals surface area contributed by atoms with Crippen LogP contribution in [0.3, 0.4) is 0 Å². The number of sulfone groups is 1. The zero-order chi connectivity index (χ0) is 20.2. The first-order valence-electron chi connectivity index (χ1n) is 10.0. The summed E-state index contributed by atoms with van der Waals surface area (Å²) in [5, 5.41) is 3.14. The van der Waals surface area contributed by atoms with Gasteiger partial charge < -0.3 is 5.32 Å². The number of carbonyl (C=O) groups excluding carboxylic acids is 1. The van der Waals surface area contributed by atoms with Crippen LogP contribution in [0.1, 0.15) is 70.4 Å². The monoisotopic (exact) mass is 394 g/mol. The first-order chi connectivity index (χ1) is 12.6. The number of anilines is 1. The molecule has 5 nitrogen and oxygen atoms in total. The number of nitrogens with one attached hydrogen (secondary N) is 1. The van der Waals surface area contributed by atoms with Crippen molar-refractivity contribution in [3.63, 3.8) is 0 Å². The molecule has 1 aromatic rings. The molecule has 1 fully saturated rings. The number of benzene rings is 1. The summed E-state index contributed by atoms with van der Waals surface area (Å²) in [7, 11) is -2.91. The quantitative estimate of drug-likeness (QED) is 0.729. The first-order valence-corrected chi connectivity index (χ1v) is 11.8. The Morgan fingerprint density at radius 1 is 1.19 bits per heavy atom. The fourth-order valence-electron chi connectivity index (χ4n) is 3.80. The molecule has 0 saturated carbocycles. The van der Waals surface area contributed by atoms with Gasteiger partial charge in [-0.05, 0) is 35.9 Å². The average Bonchev–Trinajstić information content (AvgIpc) is 2.95. The molecular formula is C21H34N2O3S. The number of carbonyl (C=O) groups is 1. The summed E-state index contributed by atoms with van der Waals surface area (Å²) in [5.41, 5.74) is 3.26. The van der Waals surface area contributed by atoms with Crippen LogP contribution in [0, 0.1) is 0 Å². The lowest BCUT2D eigenvalue weighted by Crippen LogP contribution is -2.38. The Morgan fingerprint density at radius 3 is 2.22 bits per heavy atom. The van der Waals surface area contributed by atoms with Crippen molar-refractivity contribution in [3.8, 4) is 0 Å². The Labute approximate surface area is 164 Å². The zero-order valence-electron chi connectivity index (χ0n) is 17.3. The van der Waals surface area contributed by atoms with Crippen LogP contribution in [0.5, 0.6) is 0 Å². The Hall–Kier alpha value is -1.40. The van der Waals surface area contributed by atoms with Gasteiger partial charge in [-0.3, -0.25) is 9.69 Å². The number of hydrogen-bond donors (Lipinski definition) is 1. The minimum Gasteiger partial charge on any atom is -0.326 e. The maximum atomic E-state index is 12.7. The highest BCUT2D eigenvalue weighted by molar-refractivity contribution is 7.91. The smallest absolute Gasteiger partial charge is 0.225 e. The molecule has 1 saturated heterocycles. The van der Waals surface area contributed by atoms with Crippen molar-refractivity contribution >= 4 is 21.4 Å². The van der Waals surface area contributed by atoms with Crippen LogP contribution in [-0.2, 0) is 14.6 Å². The van der Waals surface area contributed by atoms with E-state index in [1.807, 2.05) is 6.92 Å². The molecule has 1 aromatic carbocycles. The molecule has 0 aliphatic carbocycles. The van der Waals surface area contributed by atoms with Gasteiger partial charge in [0.2, 0.25) is 5.91 Å². The molecule has 0 bridgehead atoms. The van der Waals surface area contributed by atoms with Crippen LogP contribution in [0.2, 0.25) is 0 Å². The molecule has 27 heavy (non-hydrogen) atoms. The molecule has 2 rings (SSSR count). The lowest BCUT2D eigenvalue weighted by Gasteiger charge is -2.26. The van der Waals surface area contributed by atoms with Crippen LogP contribution in [0.25, 0.3) is 0 Å². The Balaban J connectivity index is 2.05. The van der Waals surface area contributed by atoms with Gasteiger partial charge in [-0.25, -0.2) is 8.42 Å². The van der Waals surface area contributed by atoms with E-state index < -0.39 is 9.84 Å². The lowest BCUT2D eigenvalue weighted by atomic mass is 9.92. The van der Waals surface area contributed by atoms with Gasteiger partial charge in [0.05, 0.1) is 11.5 Å². The second-order valence-corrected chi connectivity index (χ2v) is 10.3. The van der Waals surface area contributed by atoms with Crippen molar-refractivity contribution in [2.75, 3.05) is 29.9 Å². The molecule has 1 heterocycles. The third-order valence-corrected chi connectivity index (χ3v) is 7.14. The number of amides is 1. The third kappa shape index (κ3) is 5.79. The largest absolute Gasteiger partial charge is 0.326 e. The summed E-state index contributed by atoms with van der Waals surface area (Å²) in [6.07, 6.45) is 1.04. The lowest BCUT2D eigenvalue weighted by molar-refractivity contribution is -0.116. The van der Waals surface area contributed by atoms with Crippen molar-refractivity contribution in [2.45, 2.75) is 65.3 Å². The standard InChI is InChI=1S/C21H34N2O3S/c1-6-23(17-11-13-27(25,26)14-17)12-10-20(24)22-21-18(15(2)3)8-7-9-19(21)16(4)5/h7-9,15-17H,6,10-14H2,1-5H3,(H,22,24). The van der Waals surface area contributed by atoms with Gasteiger partial charge in [0.1, 0.15) is 0 Å². The minimum atomic E-state index is -2.91. The number of para-hydroxylation sites is 1. The van der Waals surface area contributed by atoms with Gasteiger partial charge in [-0.15, -0.1) is 0 Å². The number of hydrogen-bond acceptors (Lipinski definition) is 4. The summed E-state index contributed by atoms with van der Waals surface area (Å²) >= 11 is 0. The minimum absolute atomic E-state index is 0.00990. The van der Waals surface area contributed by atoms with E-state index >= 15 is 0 Å². The second-order valence-electron chi connectivity index (χ2n) is 8.10. The molecule has 1 unspecified atom stereocenters. The fraction of sp³-hybridized carbons (Fsp3) is 0.667. The Bertz CT molecular complexity index is 730. The van der Waals surface area contributed by atoms with Gasteiger partial charge in [-0.2, -0.15) is 0 Å². The molecule has 0 radical (unpaired) electrons. The molecule has 152 valence electrons. The average molecular weight is 395 g/mol. The van der Waals surface area contributed by atoms with Crippen molar-refractivity contribution < 1.29 is 13.2 Å². The van der Waals surface area contributed by atoms with E-state index in [0.717, 1.165) is 23.4 Å². The van der Waals surface area contributed by atoms with Crippen LogP contribution in [-0.4, -0.2) is 49.9 Å². The fourth-order valence-corrected chi connectivity index (χ4v) is 5.57. The topological polar surface area (TPSA) is 66.5 Å². The highest BCUT2D eigenvalue weighted by Crippen LogP contribution is 2.32. The van der Waals surface area contributed by atoms with E-state index in [4.69, 9.17) is 0 Å². The summed E-state index contributed by atoms with van der Waals surface area (Å²) in [5.74, 6) is 1.13. The maximum absolute atomic E-state index is 12.7. The normalized spacial score (nSPS) is 19.2.